The molecule has 0 N–H and O–H groups in total. The van der Waals surface area contributed by atoms with Crippen LogP contribution < -0.4 is 0 Å². The first kappa shape index (κ1) is 27.5. The third-order valence-electron chi connectivity index (χ3n) is 9.98. The highest BCUT2D eigenvalue weighted by molar-refractivity contribution is 7.25. The first-order valence-electron chi connectivity index (χ1n) is 16.8. The number of para-hydroxylation sites is 3. The second kappa shape index (κ2) is 10.5. The van der Waals surface area contributed by atoms with Crippen LogP contribution in [0.5, 0.6) is 0 Å². The molecule has 0 aliphatic rings. The number of pyridine rings is 1. The molecule has 0 radical (unpaired) electrons. The van der Waals surface area contributed by atoms with E-state index in [4.69, 9.17) is 15.0 Å². The number of aromatic nitrogens is 4. The normalized spacial score (nSPS) is 12.0. The van der Waals surface area contributed by atoms with Gasteiger partial charge in [0.25, 0.3) is 0 Å². The molecular formula is C45H26N4S. The van der Waals surface area contributed by atoms with E-state index in [1.807, 2.05) is 23.5 Å². The van der Waals surface area contributed by atoms with E-state index >= 15 is 0 Å². The molecule has 0 aliphatic heterocycles. The van der Waals surface area contributed by atoms with Crippen LogP contribution in [0.3, 0.4) is 0 Å². The third kappa shape index (κ3) is 4.01. The van der Waals surface area contributed by atoms with Gasteiger partial charge < -0.3 is 0 Å². The molecule has 7 aromatic carbocycles. The molecule has 0 fully saturated rings. The van der Waals surface area contributed by atoms with Crippen LogP contribution in [0.4, 0.5) is 0 Å². The third-order valence-corrected chi connectivity index (χ3v) is 11.1. The lowest BCUT2D eigenvalue weighted by atomic mass is 9.97. The lowest BCUT2D eigenvalue weighted by Crippen LogP contribution is -2.03. The predicted octanol–water partition coefficient (Wildman–Crippen LogP) is 12.1. The van der Waals surface area contributed by atoms with Crippen molar-refractivity contribution in [3.05, 3.63) is 158 Å². The fourth-order valence-corrected chi connectivity index (χ4v) is 8.83. The van der Waals surface area contributed by atoms with E-state index in [0.29, 0.717) is 5.95 Å². The Kier molecular flexibility index (Phi) is 5.80. The number of fused-ring (bicyclic) bond motifs is 10. The van der Waals surface area contributed by atoms with Gasteiger partial charge in [-0.2, -0.15) is 0 Å². The van der Waals surface area contributed by atoms with Crippen LogP contribution >= 0.6 is 11.3 Å². The van der Waals surface area contributed by atoms with E-state index in [2.05, 4.69) is 150 Å². The Morgan fingerprint density at radius 3 is 1.88 bits per heavy atom. The van der Waals surface area contributed by atoms with Crippen molar-refractivity contribution >= 4 is 85.9 Å². The minimum atomic E-state index is 0.655. The van der Waals surface area contributed by atoms with Gasteiger partial charge in [0, 0.05) is 58.2 Å². The minimum Gasteiger partial charge on any atom is -0.278 e. The lowest BCUT2D eigenvalue weighted by Gasteiger charge is -2.12. The van der Waals surface area contributed by atoms with Crippen LogP contribution in [0.2, 0.25) is 0 Å². The monoisotopic (exact) mass is 654 g/mol. The van der Waals surface area contributed by atoms with Crippen LogP contribution in [0, 0.1) is 0 Å². The summed E-state index contributed by atoms with van der Waals surface area (Å²) in [6.07, 6.45) is 0. The Morgan fingerprint density at radius 2 is 1.02 bits per heavy atom. The molecule has 5 heteroatoms. The van der Waals surface area contributed by atoms with Crippen LogP contribution in [0.15, 0.2) is 158 Å². The average molecular weight is 655 g/mol. The molecule has 4 nitrogen and oxygen atoms in total. The van der Waals surface area contributed by atoms with Gasteiger partial charge in [-0.15, -0.1) is 11.3 Å². The molecular weight excluding hydrogens is 629 g/mol. The summed E-state index contributed by atoms with van der Waals surface area (Å²) in [6, 6.07) is 55.9. The number of rotatable bonds is 3. The van der Waals surface area contributed by atoms with Crippen molar-refractivity contribution in [2.75, 3.05) is 0 Å². The van der Waals surface area contributed by atoms with Gasteiger partial charge in [-0.1, -0.05) is 109 Å². The maximum atomic E-state index is 5.35. The van der Waals surface area contributed by atoms with Crippen molar-refractivity contribution in [2.24, 2.45) is 0 Å². The van der Waals surface area contributed by atoms with Crippen molar-refractivity contribution < 1.29 is 0 Å². The van der Waals surface area contributed by atoms with E-state index in [-0.39, 0.29) is 0 Å². The van der Waals surface area contributed by atoms with Gasteiger partial charge in [-0.05, 0) is 53.9 Å². The number of hydrogen-bond acceptors (Lipinski definition) is 4. The first-order valence-corrected chi connectivity index (χ1v) is 17.6. The number of benzene rings is 7. The molecule has 0 spiro atoms. The van der Waals surface area contributed by atoms with E-state index in [9.17, 15) is 0 Å². The fourth-order valence-electron chi connectivity index (χ4n) is 7.71. The van der Waals surface area contributed by atoms with Crippen molar-refractivity contribution in [1.29, 1.82) is 0 Å². The zero-order chi connectivity index (χ0) is 32.8. The summed E-state index contributed by atoms with van der Waals surface area (Å²) >= 11 is 1.86. The molecule has 4 aromatic heterocycles. The van der Waals surface area contributed by atoms with Gasteiger partial charge in [0.05, 0.1) is 33.5 Å². The van der Waals surface area contributed by atoms with Crippen molar-refractivity contribution in [1.82, 2.24) is 19.5 Å². The molecule has 0 unspecified atom stereocenters. The highest BCUT2D eigenvalue weighted by atomic mass is 32.1. The second-order valence-corrected chi connectivity index (χ2v) is 13.9. The Bertz CT molecular complexity index is 3160. The van der Waals surface area contributed by atoms with E-state index in [1.54, 1.807) is 0 Å². The van der Waals surface area contributed by atoms with E-state index in [0.717, 1.165) is 66.1 Å². The fraction of sp³-hybridized carbons (Fsp3) is 0. The van der Waals surface area contributed by atoms with E-state index < -0.39 is 0 Å². The summed E-state index contributed by atoms with van der Waals surface area (Å²) in [5.41, 5.74) is 8.10. The first-order chi connectivity index (χ1) is 24.8. The van der Waals surface area contributed by atoms with Crippen molar-refractivity contribution in [3.63, 3.8) is 0 Å². The smallest absolute Gasteiger partial charge is 0.235 e. The average Bonchev–Trinajstić information content (AvgIpc) is 3.71. The molecule has 0 amide bonds. The number of thiophene rings is 1. The molecule has 0 atom stereocenters. The highest BCUT2D eigenvalue weighted by Crippen LogP contribution is 2.42. The summed E-state index contributed by atoms with van der Waals surface area (Å²) < 4.78 is 4.81. The number of nitrogens with zero attached hydrogens (tertiary/aromatic N) is 4. The maximum absolute atomic E-state index is 5.35. The van der Waals surface area contributed by atoms with Gasteiger partial charge >= 0.3 is 0 Å². The lowest BCUT2D eigenvalue weighted by molar-refractivity contribution is 1.01. The van der Waals surface area contributed by atoms with Crippen LogP contribution in [0.25, 0.3) is 103 Å². The highest BCUT2D eigenvalue weighted by Gasteiger charge is 2.19. The molecule has 4 heterocycles. The van der Waals surface area contributed by atoms with Crippen LogP contribution in [-0.2, 0) is 0 Å². The van der Waals surface area contributed by atoms with Gasteiger partial charge in [-0.3, -0.25) is 4.57 Å². The summed E-state index contributed by atoms with van der Waals surface area (Å²) in [6.45, 7) is 0. The van der Waals surface area contributed by atoms with Gasteiger partial charge in [0.1, 0.15) is 0 Å². The summed E-state index contributed by atoms with van der Waals surface area (Å²) in [5.74, 6) is 0.655. The van der Waals surface area contributed by atoms with Crippen LogP contribution in [0.1, 0.15) is 0 Å². The Hall–Kier alpha value is -6.43. The van der Waals surface area contributed by atoms with E-state index in [1.165, 1.54) is 30.9 Å². The molecule has 11 aromatic rings. The quantitative estimate of drug-likeness (QED) is 0.178. The SMILES string of the molecule is c1ccc(-c2nc(-n3c4ccccc4c4cc(-c5nc6ccccc6c6cc7sc8ccccc8c7cc56)ccc43)nc3ccccc23)cc1. The summed E-state index contributed by atoms with van der Waals surface area (Å²) in [5, 5.41) is 9.45. The van der Waals surface area contributed by atoms with Crippen LogP contribution in [-0.4, -0.2) is 19.5 Å². The summed E-state index contributed by atoms with van der Waals surface area (Å²) in [7, 11) is 0. The summed E-state index contributed by atoms with van der Waals surface area (Å²) in [4.78, 5) is 15.8. The van der Waals surface area contributed by atoms with Crippen molar-refractivity contribution in [2.45, 2.75) is 0 Å². The molecule has 0 bridgehead atoms. The molecule has 11 rings (SSSR count). The molecule has 50 heavy (non-hydrogen) atoms. The minimum absolute atomic E-state index is 0.655. The molecule has 0 aliphatic carbocycles. The maximum Gasteiger partial charge on any atom is 0.235 e. The Labute approximate surface area is 290 Å². The van der Waals surface area contributed by atoms with Crippen molar-refractivity contribution in [3.8, 4) is 28.5 Å². The molecule has 0 saturated heterocycles. The van der Waals surface area contributed by atoms with Gasteiger partial charge in [0.15, 0.2) is 0 Å². The second-order valence-electron chi connectivity index (χ2n) is 12.8. The zero-order valence-corrected chi connectivity index (χ0v) is 27.5. The largest absolute Gasteiger partial charge is 0.278 e. The Balaban J connectivity index is 1.19. The Morgan fingerprint density at radius 1 is 0.360 bits per heavy atom. The zero-order valence-electron chi connectivity index (χ0n) is 26.7. The van der Waals surface area contributed by atoms with Gasteiger partial charge in [-0.25, -0.2) is 15.0 Å². The number of hydrogen-bond donors (Lipinski definition) is 0. The van der Waals surface area contributed by atoms with Gasteiger partial charge in [0.2, 0.25) is 5.95 Å². The molecule has 232 valence electrons. The topological polar surface area (TPSA) is 43.6 Å². The molecule has 0 saturated carbocycles. The standard InChI is InChI=1S/C45H26N4S/c1-2-12-27(13-3-1)43-32-17-5-9-19-38(32)47-45(48-43)49-39-20-10-6-15-30(39)34-24-28(22-23-40(34)49)44-36-25-35-31-16-7-11-21-41(31)50-42(35)26-33(36)29-14-4-8-18-37(29)46-44/h1-26H. The predicted molar refractivity (Wildman–Crippen MR) is 210 cm³/mol.